The van der Waals surface area contributed by atoms with Gasteiger partial charge in [-0.2, -0.15) is 5.10 Å². The van der Waals surface area contributed by atoms with Gasteiger partial charge < -0.3 is 5.32 Å². The van der Waals surface area contributed by atoms with Crippen LogP contribution in [0.3, 0.4) is 0 Å². The van der Waals surface area contributed by atoms with Crippen LogP contribution in [0.4, 0.5) is 0 Å². The fourth-order valence-electron chi connectivity index (χ4n) is 1.44. The molecular formula is C11H14BrN3S. The van der Waals surface area contributed by atoms with E-state index in [2.05, 4.69) is 51.6 Å². The van der Waals surface area contributed by atoms with Crippen LogP contribution >= 0.6 is 27.3 Å². The SMILES string of the molecule is Cc1cnn(CCNCc2ccc(Br)s2)c1. The first-order chi connectivity index (χ1) is 7.74. The topological polar surface area (TPSA) is 29.9 Å². The second kappa shape index (κ2) is 5.61. The normalized spacial score (nSPS) is 10.9. The summed E-state index contributed by atoms with van der Waals surface area (Å²) in [6, 6.07) is 4.22. The summed E-state index contributed by atoms with van der Waals surface area (Å²) in [6.45, 7) is 4.84. The summed E-state index contributed by atoms with van der Waals surface area (Å²) in [7, 11) is 0. The molecular weight excluding hydrogens is 286 g/mol. The predicted molar refractivity (Wildman–Crippen MR) is 70.7 cm³/mol. The number of nitrogens with one attached hydrogen (secondary N) is 1. The van der Waals surface area contributed by atoms with E-state index >= 15 is 0 Å². The zero-order valence-corrected chi connectivity index (χ0v) is 11.5. The Labute approximate surface area is 108 Å². The largest absolute Gasteiger partial charge is 0.310 e. The molecule has 0 radical (unpaired) electrons. The number of halogens is 1. The third kappa shape index (κ3) is 3.43. The lowest BCUT2D eigenvalue weighted by atomic mass is 10.4. The number of hydrogen-bond donors (Lipinski definition) is 1. The van der Waals surface area contributed by atoms with Gasteiger partial charge in [-0.05, 0) is 40.5 Å². The van der Waals surface area contributed by atoms with E-state index in [1.807, 2.05) is 10.9 Å². The number of aromatic nitrogens is 2. The van der Waals surface area contributed by atoms with Crippen molar-refractivity contribution in [1.82, 2.24) is 15.1 Å². The van der Waals surface area contributed by atoms with Gasteiger partial charge in [-0.25, -0.2) is 0 Å². The predicted octanol–water partition coefficient (Wildman–Crippen LogP) is 2.81. The average Bonchev–Trinajstić information content (AvgIpc) is 2.83. The van der Waals surface area contributed by atoms with Gasteiger partial charge in [-0.1, -0.05) is 0 Å². The smallest absolute Gasteiger partial charge is 0.0701 e. The van der Waals surface area contributed by atoms with Crippen LogP contribution in [0, 0.1) is 6.92 Å². The first kappa shape index (κ1) is 11.8. The summed E-state index contributed by atoms with van der Waals surface area (Å²) >= 11 is 5.23. The van der Waals surface area contributed by atoms with E-state index in [1.54, 1.807) is 11.3 Å². The van der Waals surface area contributed by atoms with Crippen molar-refractivity contribution in [2.24, 2.45) is 0 Å². The summed E-state index contributed by atoms with van der Waals surface area (Å²) in [5.41, 5.74) is 1.21. The van der Waals surface area contributed by atoms with Gasteiger partial charge in [0.25, 0.3) is 0 Å². The van der Waals surface area contributed by atoms with Gasteiger partial charge in [-0.15, -0.1) is 11.3 Å². The van der Waals surface area contributed by atoms with Crippen molar-refractivity contribution in [2.75, 3.05) is 6.54 Å². The minimum absolute atomic E-state index is 0.917. The van der Waals surface area contributed by atoms with Crippen LogP contribution in [0.15, 0.2) is 28.3 Å². The van der Waals surface area contributed by atoms with Crippen molar-refractivity contribution in [2.45, 2.75) is 20.0 Å². The molecule has 0 amide bonds. The van der Waals surface area contributed by atoms with E-state index in [0.29, 0.717) is 0 Å². The van der Waals surface area contributed by atoms with Gasteiger partial charge in [0.05, 0.1) is 16.5 Å². The fraction of sp³-hybridized carbons (Fsp3) is 0.364. The van der Waals surface area contributed by atoms with Crippen molar-refractivity contribution in [3.05, 3.63) is 38.8 Å². The van der Waals surface area contributed by atoms with Gasteiger partial charge in [0.15, 0.2) is 0 Å². The van der Waals surface area contributed by atoms with E-state index in [-0.39, 0.29) is 0 Å². The summed E-state index contributed by atoms with van der Waals surface area (Å²) in [5, 5.41) is 7.64. The van der Waals surface area contributed by atoms with E-state index in [0.717, 1.165) is 19.6 Å². The molecule has 0 atom stereocenters. The Kier molecular flexibility index (Phi) is 4.15. The van der Waals surface area contributed by atoms with Crippen LogP contribution < -0.4 is 5.32 Å². The molecule has 1 N–H and O–H groups in total. The maximum atomic E-state index is 4.24. The summed E-state index contributed by atoms with van der Waals surface area (Å²) in [4.78, 5) is 1.35. The molecule has 2 rings (SSSR count). The maximum absolute atomic E-state index is 4.24. The molecule has 0 aromatic carbocycles. The molecule has 3 nitrogen and oxygen atoms in total. The van der Waals surface area contributed by atoms with Crippen molar-refractivity contribution in [3.63, 3.8) is 0 Å². The standard InChI is InChI=1S/C11H14BrN3S/c1-9-6-14-15(8-9)5-4-13-7-10-2-3-11(12)16-10/h2-3,6,8,13H,4-5,7H2,1H3. The van der Waals surface area contributed by atoms with Crippen LogP contribution in [-0.2, 0) is 13.1 Å². The molecule has 0 bridgehead atoms. The molecule has 0 aliphatic heterocycles. The highest BCUT2D eigenvalue weighted by Crippen LogP contribution is 2.21. The van der Waals surface area contributed by atoms with Crippen LogP contribution in [0.2, 0.25) is 0 Å². The lowest BCUT2D eigenvalue weighted by Gasteiger charge is -2.03. The Bertz CT molecular complexity index is 407. The Morgan fingerprint density at radius 2 is 2.38 bits per heavy atom. The van der Waals surface area contributed by atoms with Crippen molar-refractivity contribution in [3.8, 4) is 0 Å². The molecule has 2 aromatic rings. The Morgan fingerprint density at radius 3 is 3.00 bits per heavy atom. The van der Waals surface area contributed by atoms with Crippen LogP contribution in [0.5, 0.6) is 0 Å². The molecule has 5 heteroatoms. The second-order valence-electron chi connectivity index (χ2n) is 3.66. The molecule has 0 aliphatic carbocycles. The zero-order valence-electron chi connectivity index (χ0n) is 9.11. The third-order valence-corrected chi connectivity index (χ3v) is 3.83. The van der Waals surface area contributed by atoms with Crippen LogP contribution in [0.1, 0.15) is 10.4 Å². The number of aryl methyl sites for hydroxylation is 1. The highest BCUT2D eigenvalue weighted by atomic mass is 79.9. The minimum atomic E-state index is 0.917. The van der Waals surface area contributed by atoms with Crippen LogP contribution in [-0.4, -0.2) is 16.3 Å². The second-order valence-corrected chi connectivity index (χ2v) is 6.21. The number of nitrogens with zero attached hydrogens (tertiary/aromatic N) is 2. The lowest BCUT2D eigenvalue weighted by Crippen LogP contribution is -2.19. The Morgan fingerprint density at radius 1 is 1.50 bits per heavy atom. The number of thiophene rings is 1. The molecule has 0 unspecified atom stereocenters. The van der Waals surface area contributed by atoms with Crippen molar-refractivity contribution >= 4 is 27.3 Å². The molecule has 0 saturated heterocycles. The average molecular weight is 300 g/mol. The minimum Gasteiger partial charge on any atom is -0.310 e. The summed E-state index contributed by atoms with van der Waals surface area (Å²) < 4.78 is 3.15. The zero-order chi connectivity index (χ0) is 11.4. The molecule has 0 spiro atoms. The molecule has 0 aliphatic rings. The number of rotatable bonds is 5. The van der Waals surface area contributed by atoms with Gasteiger partial charge in [0.1, 0.15) is 0 Å². The highest BCUT2D eigenvalue weighted by molar-refractivity contribution is 9.11. The van der Waals surface area contributed by atoms with Gasteiger partial charge in [0.2, 0.25) is 0 Å². The summed E-state index contributed by atoms with van der Waals surface area (Å²) in [6.07, 6.45) is 3.94. The maximum Gasteiger partial charge on any atom is 0.0701 e. The first-order valence-electron chi connectivity index (χ1n) is 5.18. The Hall–Kier alpha value is -0.650. The molecule has 2 heterocycles. The molecule has 16 heavy (non-hydrogen) atoms. The number of hydrogen-bond acceptors (Lipinski definition) is 3. The molecule has 0 saturated carbocycles. The molecule has 86 valence electrons. The van der Waals surface area contributed by atoms with Crippen molar-refractivity contribution in [1.29, 1.82) is 0 Å². The quantitative estimate of drug-likeness (QED) is 0.861. The van der Waals surface area contributed by atoms with E-state index in [1.165, 1.54) is 14.2 Å². The van der Waals surface area contributed by atoms with Gasteiger partial charge in [-0.3, -0.25) is 4.68 Å². The summed E-state index contributed by atoms with van der Waals surface area (Å²) in [5.74, 6) is 0. The Balaban J connectivity index is 1.69. The van der Waals surface area contributed by atoms with Gasteiger partial charge >= 0.3 is 0 Å². The van der Waals surface area contributed by atoms with Crippen LogP contribution in [0.25, 0.3) is 0 Å². The third-order valence-electron chi connectivity index (χ3n) is 2.21. The fourth-order valence-corrected chi connectivity index (χ4v) is 2.89. The monoisotopic (exact) mass is 299 g/mol. The van der Waals surface area contributed by atoms with E-state index in [9.17, 15) is 0 Å². The van der Waals surface area contributed by atoms with E-state index in [4.69, 9.17) is 0 Å². The van der Waals surface area contributed by atoms with Gasteiger partial charge in [0, 0.05) is 24.2 Å². The highest BCUT2D eigenvalue weighted by Gasteiger charge is 1.97. The lowest BCUT2D eigenvalue weighted by molar-refractivity contribution is 0.556. The molecule has 0 fully saturated rings. The van der Waals surface area contributed by atoms with E-state index < -0.39 is 0 Å². The first-order valence-corrected chi connectivity index (χ1v) is 6.79. The van der Waals surface area contributed by atoms with Crippen molar-refractivity contribution < 1.29 is 0 Å². The molecule has 2 aromatic heterocycles.